The highest BCUT2D eigenvalue weighted by molar-refractivity contribution is 6.21. The zero-order valence-corrected chi connectivity index (χ0v) is 9.15. The largest absolute Gasteiger partial charge is 0.385 e. The Morgan fingerprint density at radius 2 is 2.15 bits per heavy atom. The summed E-state index contributed by atoms with van der Waals surface area (Å²) in [5, 5.41) is 3.91. The van der Waals surface area contributed by atoms with Crippen LogP contribution in [0.1, 0.15) is 25.7 Å². The molecule has 0 aromatic heterocycles. The molecule has 1 aliphatic carbocycles. The van der Waals surface area contributed by atoms with E-state index in [2.05, 4.69) is 5.32 Å². The van der Waals surface area contributed by atoms with Gasteiger partial charge in [0.15, 0.2) is 0 Å². The predicted molar refractivity (Wildman–Crippen MR) is 56.3 cm³/mol. The summed E-state index contributed by atoms with van der Waals surface area (Å²) in [6, 6.07) is 0. The fraction of sp³-hybridized carbons (Fsp3) is 1.00. The molecule has 1 saturated carbocycles. The maximum absolute atomic E-state index is 5.88. The Kier molecular flexibility index (Phi) is 5.76. The zero-order valence-electron chi connectivity index (χ0n) is 8.39. The van der Waals surface area contributed by atoms with Crippen LogP contribution in [0.25, 0.3) is 0 Å². The monoisotopic (exact) mass is 205 g/mol. The van der Waals surface area contributed by atoms with Gasteiger partial charge in [-0.3, -0.25) is 0 Å². The van der Waals surface area contributed by atoms with Gasteiger partial charge in [-0.05, 0) is 44.7 Å². The Labute approximate surface area is 86.0 Å². The lowest BCUT2D eigenvalue weighted by atomic mass is 9.85. The molecule has 0 aliphatic heterocycles. The molecule has 13 heavy (non-hydrogen) atoms. The van der Waals surface area contributed by atoms with E-state index >= 15 is 0 Å². The van der Waals surface area contributed by atoms with E-state index in [0.717, 1.165) is 32.0 Å². The van der Waals surface area contributed by atoms with Gasteiger partial charge in [0, 0.05) is 19.1 Å². The van der Waals surface area contributed by atoms with Crippen LogP contribution in [0, 0.1) is 5.92 Å². The van der Waals surface area contributed by atoms with Gasteiger partial charge in [0.1, 0.15) is 0 Å². The lowest BCUT2D eigenvalue weighted by molar-refractivity contribution is 0.192. The molecule has 1 rings (SSSR count). The number of rotatable bonds is 7. The molecule has 1 fully saturated rings. The molecule has 1 aliphatic rings. The molecule has 0 saturated heterocycles. The minimum absolute atomic E-state index is 0.459. The number of unbranched alkanes of at least 4 members (excludes halogenated alkanes) is 1. The molecule has 0 bridgehead atoms. The fourth-order valence-corrected chi connectivity index (χ4v) is 2.13. The van der Waals surface area contributed by atoms with Crippen molar-refractivity contribution in [3.8, 4) is 0 Å². The highest BCUT2D eigenvalue weighted by Gasteiger charge is 2.26. The van der Waals surface area contributed by atoms with Crippen LogP contribution in [0.2, 0.25) is 0 Å². The predicted octanol–water partition coefficient (Wildman–Crippen LogP) is 2.02. The second-order valence-corrected chi connectivity index (χ2v) is 4.46. The lowest BCUT2D eigenvalue weighted by Crippen LogP contribution is -2.34. The Morgan fingerprint density at radius 3 is 2.77 bits per heavy atom. The van der Waals surface area contributed by atoms with E-state index in [9.17, 15) is 0 Å². The molecule has 0 amide bonds. The van der Waals surface area contributed by atoms with Crippen LogP contribution in [-0.2, 0) is 4.74 Å². The summed E-state index contributed by atoms with van der Waals surface area (Å²) >= 11 is 5.88. The van der Waals surface area contributed by atoms with Crippen LogP contribution in [0.5, 0.6) is 0 Å². The average Bonchev–Trinajstić information content (AvgIpc) is 2.07. The van der Waals surface area contributed by atoms with Gasteiger partial charge in [-0.25, -0.2) is 0 Å². The lowest BCUT2D eigenvalue weighted by Gasteiger charge is -2.30. The minimum Gasteiger partial charge on any atom is -0.385 e. The Morgan fingerprint density at radius 1 is 1.38 bits per heavy atom. The molecule has 0 spiro atoms. The van der Waals surface area contributed by atoms with Crippen molar-refractivity contribution >= 4 is 11.6 Å². The van der Waals surface area contributed by atoms with E-state index in [-0.39, 0.29) is 0 Å². The number of methoxy groups -OCH3 is 1. The highest BCUT2D eigenvalue weighted by atomic mass is 35.5. The van der Waals surface area contributed by atoms with Crippen LogP contribution in [0.3, 0.4) is 0 Å². The molecule has 0 unspecified atom stereocenters. The van der Waals surface area contributed by atoms with E-state index < -0.39 is 0 Å². The van der Waals surface area contributed by atoms with Crippen molar-refractivity contribution in [2.24, 2.45) is 5.92 Å². The summed E-state index contributed by atoms with van der Waals surface area (Å²) in [5.41, 5.74) is 0. The van der Waals surface area contributed by atoms with E-state index in [1.807, 2.05) is 0 Å². The van der Waals surface area contributed by atoms with Crippen LogP contribution in [-0.4, -0.2) is 32.2 Å². The van der Waals surface area contributed by atoms with Crippen molar-refractivity contribution < 1.29 is 4.74 Å². The number of alkyl halides is 1. The summed E-state index contributed by atoms with van der Waals surface area (Å²) in [6.45, 7) is 3.15. The molecule has 0 radical (unpaired) electrons. The molecular weight excluding hydrogens is 186 g/mol. The molecule has 3 heteroatoms. The van der Waals surface area contributed by atoms with Crippen molar-refractivity contribution in [2.45, 2.75) is 31.1 Å². The smallest absolute Gasteiger partial charge is 0.0462 e. The number of ether oxygens (including phenoxy) is 1. The van der Waals surface area contributed by atoms with Crippen LogP contribution < -0.4 is 5.32 Å². The molecule has 2 nitrogen and oxygen atoms in total. The third kappa shape index (κ3) is 4.84. The first-order valence-corrected chi connectivity index (χ1v) is 5.60. The van der Waals surface area contributed by atoms with Crippen LogP contribution in [0.15, 0.2) is 0 Å². The van der Waals surface area contributed by atoms with Crippen LogP contribution >= 0.6 is 11.6 Å². The van der Waals surface area contributed by atoms with Crippen LogP contribution in [0.4, 0.5) is 0 Å². The molecule has 1 N–H and O–H groups in total. The summed E-state index contributed by atoms with van der Waals surface area (Å²) in [4.78, 5) is 0. The van der Waals surface area contributed by atoms with E-state index in [1.54, 1.807) is 7.11 Å². The molecule has 78 valence electrons. The summed E-state index contributed by atoms with van der Waals surface area (Å²) < 4.78 is 4.97. The summed E-state index contributed by atoms with van der Waals surface area (Å²) in [6.07, 6.45) is 4.77. The SMILES string of the molecule is COCCCCNCC1CC(Cl)C1. The van der Waals surface area contributed by atoms with Gasteiger partial charge in [-0.1, -0.05) is 0 Å². The number of hydrogen-bond donors (Lipinski definition) is 1. The van der Waals surface area contributed by atoms with Gasteiger partial charge in [0.05, 0.1) is 0 Å². The highest BCUT2D eigenvalue weighted by Crippen LogP contribution is 2.30. The number of nitrogens with one attached hydrogen (secondary N) is 1. The summed E-state index contributed by atoms with van der Waals surface area (Å²) in [5.74, 6) is 0.838. The normalized spacial score (nSPS) is 27.2. The first-order valence-electron chi connectivity index (χ1n) is 5.16. The minimum atomic E-state index is 0.459. The number of halogens is 1. The third-order valence-electron chi connectivity index (χ3n) is 2.56. The standard InChI is InChI=1S/C10H20ClNO/c1-13-5-3-2-4-12-8-9-6-10(11)7-9/h9-10,12H,2-8H2,1H3. The first-order chi connectivity index (χ1) is 6.33. The van der Waals surface area contributed by atoms with Gasteiger partial charge in [0.25, 0.3) is 0 Å². The molecule has 0 heterocycles. The average molecular weight is 206 g/mol. The van der Waals surface area contributed by atoms with Crippen molar-refractivity contribution in [1.29, 1.82) is 0 Å². The van der Waals surface area contributed by atoms with Gasteiger partial charge >= 0.3 is 0 Å². The molecule has 0 aromatic rings. The quantitative estimate of drug-likeness (QED) is 0.507. The van der Waals surface area contributed by atoms with Gasteiger partial charge in [-0.15, -0.1) is 11.6 Å². The van der Waals surface area contributed by atoms with Crippen molar-refractivity contribution in [3.05, 3.63) is 0 Å². The zero-order chi connectivity index (χ0) is 9.52. The molecular formula is C10H20ClNO. The Bertz CT molecular complexity index is 126. The molecule has 0 atom stereocenters. The van der Waals surface area contributed by atoms with Gasteiger partial charge < -0.3 is 10.1 Å². The maximum Gasteiger partial charge on any atom is 0.0462 e. The Hall–Kier alpha value is 0.210. The van der Waals surface area contributed by atoms with E-state index in [4.69, 9.17) is 16.3 Å². The molecule has 0 aromatic carbocycles. The van der Waals surface area contributed by atoms with Gasteiger partial charge in [-0.2, -0.15) is 0 Å². The summed E-state index contributed by atoms with van der Waals surface area (Å²) in [7, 11) is 1.75. The van der Waals surface area contributed by atoms with Gasteiger partial charge in [0.2, 0.25) is 0 Å². The van der Waals surface area contributed by atoms with E-state index in [0.29, 0.717) is 5.38 Å². The number of hydrogen-bond acceptors (Lipinski definition) is 2. The van der Waals surface area contributed by atoms with Crippen molar-refractivity contribution in [1.82, 2.24) is 5.32 Å². The second-order valence-electron chi connectivity index (χ2n) is 3.84. The Balaban J connectivity index is 1.74. The third-order valence-corrected chi connectivity index (χ3v) is 2.92. The maximum atomic E-state index is 5.88. The van der Waals surface area contributed by atoms with Crippen molar-refractivity contribution in [2.75, 3.05) is 26.8 Å². The van der Waals surface area contributed by atoms with Crippen molar-refractivity contribution in [3.63, 3.8) is 0 Å². The fourth-order valence-electron chi connectivity index (χ4n) is 1.62. The first kappa shape index (κ1) is 11.3. The van der Waals surface area contributed by atoms with E-state index in [1.165, 1.54) is 19.3 Å². The topological polar surface area (TPSA) is 21.3 Å². The second kappa shape index (κ2) is 6.63.